The molecule has 1 rings (SSSR count). The average Bonchev–Trinajstić information content (AvgIpc) is 2.29. The fraction of sp³-hybridized carbons (Fsp3) is 0.300. The maximum absolute atomic E-state index is 11.1. The third kappa shape index (κ3) is 3.27. The third-order valence-corrected chi connectivity index (χ3v) is 1.70. The molecule has 1 amide bonds. The van der Waals surface area contributed by atoms with Gasteiger partial charge >= 0.3 is 0 Å². The van der Waals surface area contributed by atoms with Gasteiger partial charge in [0.25, 0.3) is 5.91 Å². The lowest BCUT2D eigenvalue weighted by molar-refractivity contribution is 0.0957. The normalized spacial score (nSPS) is 9.07. The monoisotopic (exact) mass is 204 g/mol. The van der Waals surface area contributed by atoms with Crippen LogP contribution in [0.3, 0.4) is 0 Å². The molecule has 0 saturated carbocycles. The fourth-order valence-electron chi connectivity index (χ4n) is 0.938. The average molecular weight is 204 g/mol. The molecular formula is C10H12N4O. The van der Waals surface area contributed by atoms with Gasteiger partial charge in [-0.15, -0.1) is 22.5 Å². The van der Waals surface area contributed by atoms with E-state index in [0.717, 1.165) is 0 Å². The van der Waals surface area contributed by atoms with Crippen molar-refractivity contribution < 1.29 is 4.79 Å². The molecule has 0 fully saturated rings. The maximum atomic E-state index is 11.1. The summed E-state index contributed by atoms with van der Waals surface area (Å²) in [6, 6.07) is 3.29. The topological polar surface area (TPSA) is 66.9 Å². The molecule has 0 aliphatic rings. The van der Waals surface area contributed by atoms with E-state index in [0.29, 0.717) is 24.5 Å². The Balaban J connectivity index is 2.57. The number of aromatic nitrogens is 2. The molecule has 0 unspecified atom stereocenters. The summed E-state index contributed by atoms with van der Waals surface area (Å²) in [4.78, 5) is 11.1. The van der Waals surface area contributed by atoms with E-state index in [1.807, 2.05) is 0 Å². The quantitative estimate of drug-likeness (QED) is 0.545. The molecule has 0 spiro atoms. The van der Waals surface area contributed by atoms with Crippen LogP contribution in [0.15, 0.2) is 12.1 Å². The summed E-state index contributed by atoms with van der Waals surface area (Å²) in [5, 5.41) is 13.0. The Bertz CT molecular complexity index is 366. The number of nitrogens with zero attached hydrogens (tertiary/aromatic N) is 2. The van der Waals surface area contributed by atoms with E-state index in [9.17, 15) is 4.79 Å². The van der Waals surface area contributed by atoms with Crippen LogP contribution in [0.5, 0.6) is 0 Å². The summed E-state index contributed by atoms with van der Waals surface area (Å²) in [7, 11) is 1.54. The van der Waals surface area contributed by atoms with Gasteiger partial charge in [-0.25, -0.2) is 0 Å². The van der Waals surface area contributed by atoms with Crippen LogP contribution in [0.2, 0.25) is 0 Å². The van der Waals surface area contributed by atoms with E-state index < -0.39 is 0 Å². The lowest BCUT2D eigenvalue weighted by Crippen LogP contribution is -2.19. The Kier molecular flexibility index (Phi) is 4.10. The number of hydrogen-bond acceptors (Lipinski definition) is 4. The van der Waals surface area contributed by atoms with Crippen LogP contribution in [0, 0.1) is 12.3 Å². The Labute approximate surface area is 88.3 Å². The minimum atomic E-state index is -0.252. The number of amides is 1. The highest BCUT2D eigenvalue weighted by Crippen LogP contribution is 2.01. The molecule has 1 aromatic rings. The van der Waals surface area contributed by atoms with Crippen molar-refractivity contribution in [3.63, 3.8) is 0 Å². The van der Waals surface area contributed by atoms with Gasteiger partial charge in [0, 0.05) is 20.0 Å². The molecule has 1 aromatic heterocycles. The summed E-state index contributed by atoms with van der Waals surface area (Å²) in [6.45, 7) is 0.643. The van der Waals surface area contributed by atoms with Crippen molar-refractivity contribution in [3.8, 4) is 12.3 Å². The molecule has 0 radical (unpaired) electrons. The molecule has 0 saturated heterocycles. The van der Waals surface area contributed by atoms with Gasteiger partial charge in [0.1, 0.15) is 5.82 Å². The molecular weight excluding hydrogens is 192 g/mol. The predicted molar refractivity (Wildman–Crippen MR) is 57.4 cm³/mol. The molecule has 1 heterocycles. The number of nitrogens with one attached hydrogen (secondary N) is 2. The number of rotatable bonds is 4. The van der Waals surface area contributed by atoms with E-state index in [1.165, 1.54) is 0 Å². The number of anilines is 1. The van der Waals surface area contributed by atoms with Gasteiger partial charge in [0.05, 0.1) is 0 Å². The largest absolute Gasteiger partial charge is 0.368 e. The lowest BCUT2D eigenvalue weighted by atomic mass is 10.3. The highest BCUT2D eigenvalue weighted by atomic mass is 16.1. The van der Waals surface area contributed by atoms with Gasteiger partial charge in [0.2, 0.25) is 0 Å². The third-order valence-electron chi connectivity index (χ3n) is 1.70. The Morgan fingerprint density at radius 2 is 2.33 bits per heavy atom. The zero-order chi connectivity index (χ0) is 11.1. The van der Waals surface area contributed by atoms with Crippen molar-refractivity contribution in [2.75, 3.05) is 18.9 Å². The molecule has 5 heteroatoms. The van der Waals surface area contributed by atoms with Gasteiger partial charge in [-0.05, 0) is 12.1 Å². The Hall–Kier alpha value is -2.09. The van der Waals surface area contributed by atoms with E-state index in [4.69, 9.17) is 6.42 Å². The summed E-state index contributed by atoms with van der Waals surface area (Å²) < 4.78 is 0. The zero-order valence-corrected chi connectivity index (χ0v) is 8.45. The first-order chi connectivity index (χ1) is 7.27. The lowest BCUT2D eigenvalue weighted by Gasteiger charge is -2.02. The van der Waals surface area contributed by atoms with Crippen LogP contribution in [0.1, 0.15) is 16.9 Å². The van der Waals surface area contributed by atoms with Crippen molar-refractivity contribution >= 4 is 11.7 Å². The van der Waals surface area contributed by atoms with Gasteiger partial charge in [-0.3, -0.25) is 4.79 Å². The zero-order valence-electron chi connectivity index (χ0n) is 8.45. The first-order valence-electron chi connectivity index (χ1n) is 4.51. The van der Waals surface area contributed by atoms with Gasteiger partial charge in [-0.1, -0.05) is 0 Å². The second-order valence-corrected chi connectivity index (χ2v) is 2.76. The number of carbonyl (C=O) groups is 1. The van der Waals surface area contributed by atoms with Crippen LogP contribution in [-0.4, -0.2) is 29.7 Å². The summed E-state index contributed by atoms with van der Waals surface area (Å²) >= 11 is 0. The van der Waals surface area contributed by atoms with Gasteiger partial charge < -0.3 is 10.6 Å². The first-order valence-corrected chi connectivity index (χ1v) is 4.51. The predicted octanol–water partition coefficient (Wildman–Crippen LogP) is 0.271. The number of terminal acetylenes is 1. The Morgan fingerprint density at radius 1 is 1.53 bits per heavy atom. The summed E-state index contributed by atoms with van der Waals surface area (Å²) in [6.07, 6.45) is 5.72. The van der Waals surface area contributed by atoms with Crippen LogP contribution in [0.25, 0.3) is 0 Å². The highest BCUT2D eigenvalue weighted by molar-refractivity contribution is 5.91. The van der Waals surface area contributed by atoms with Crippen molar-refractivity contribution in [2.24, 2.45) is 0 Å². The molecule has 78 valence electrons. The second kappa shape index (κ2) is 5.60. The van der Waals surface area contributed by atoms with Crippen molar-refractivity contribution in [1.29, 1.82) is 0 Å². The minimum Gasteiger partial charge on any atom is -0.368 e. The Morgan fingerprint density at radius 3 is 2.87 bits per heavy atom. The fourth-order valence-corrected chi connectivity index (χ4v) is 0.938. The highest BCUT2D eigenvalue weighted by Gasteiger charge is 2.04. The van der Waals surface area contributed by atoms with Crippen LogP contribution < -0.4 is 10.6 Å². The first kappa shape index (κ1) is 11.0. The SMILES string of the molecule is C#CCCNc1ccc(C(=O)NC)nn1. The van der Waals surface area contributed by atoms with Crippen LogP contribution >= 0.6 is 0 Å². The molecule has 15 heavy (non-hydrogen) atoms. The molecule has 5 nitrogen and oxygen atoms in total. The molecule has 0 aliphatic carbocycles. The van der Waals surface area contributed by atoms with Gasteiger partial charge in [-0.2, -0.15) is 0 Å². The molecule has 0 aromatic carbocycles. The van der Waals surface area contributed by atoms with Crippen LogP contribution in [0.4, 0.5) is 5.82 Å². The minimum absolute atomic E-state index is 0.252. The van der Waals surface area contributed by atoms with E-state index in [-0.39, 0.29) is 5.91 Å². The summed E-state index contributed by atoms with van der Waals surface area (Å²) in [5.41, 5.74) is 0.292. The second-order valence-electron chi connectivity index (χ2n) is 2.76. The van der Waals surface area contributed by atoms with E-state index in [1.54, 1.807) is 19.2 Å². The number of hydrogen-bond donors (Lipinski definition) is 2. The van der Waals surface area contributed by atoms with Crippen molar-refractivity contribution in [2.45, 2.75) is 6.42 Å². The standard InChI is InChI=1S/C10H12N4O/c1-3-4-7-12-9-6-5-8(13-14-9)10(15)11-2/h1,5-6H,4,7H2,2H3,(H,11,15)(H,12,14). The molecule has 0 aliphatic heterocycles. The summed E-state index contributed by atoms with van der Waals surface area (Å²) in [5.74, 6) is 2.86. The molecule has 2 N–H and O–H groups in total. The van der Waals surface area contributed by atoms with Crippen LogP contribution in [-0.2, 0) is 0 Å². The van der Waals surface area contributed by atoms with Crippen molar-refractivity contribution in [1.82, 2.24) is 15.5 Å². The molecule has 0 atom stereocenters. The smallest absolute Gasteiger partial charge is 0.271 e. The van der Waals surface area contributed by atoms with Gasteiger partial charge in [0.15, 0.2) is 5.69 Å². The number of carbonyl (C=O) groups excluding carboxylic acids is 1. The maximum Gasteiger partial charge on any atom is 0.271 e. The van der Waals surface area contributed by atoms with E-state index >= 15 is 0 Å². The van der Waals surface area contributed by atoms with E-state index in [2.05, 4.69) is 26.8 Å². The van der Waals surface area contributed by atoms with Crippen molar-refractivity contribution in [3.05, 3.63) is 17.8 Å². The molecule has 0 bridgehead atoms.